The first-order valence-electron chi connectivity index (χ1n) is 9.72. The zero-order valence-corrected chi connectivity index (χ0v) is 18.1. The van der Waals surface area contributed by atoms with Crippen LogP contribution in [0.15, 0.2) is 28.3 Å². The van der Waals surface area contributed by atoms with E-state index >= 15 is 0 Å². The van der Waals surface area contributed by atoms with E-state index in [1.54, 1.807) is 6.07 Å². The van der Waals surface area contributed by atoms with E-state index in [1.807, 2.05) is 7.05 Å². The van der Waals surface area contributed by atoms with Gasteiger partial charge in [-0.2, -0.15) is 4.31 Å². The van der Waals surface area contributed by atoms with E-state index in [0.29, 0.717) is 31.2 Å². The Kier molecular flexibility index (Phi) is 7.49. The highest BCUT2D eigenvalue weighted by atomic mass is 32.2. The first-order chi connectivity index (χ1) is 13.8. The number of piperazine rings is 1. The topological polar surface area (TPSA) is 112 Å². The Morgan fingerprint density at radius 1 is 1.17 bits per heavy atom. The molecule has 1 aliphatic heterocycles. The van der Waals surface area contributed by atoms with Gasteiger partial charge in [-0.3, -0.25) is 10.1 Å². The maximum absolute atomic E-state index is 12.7. The largest absolute Gasteiger partial charge is 0.335 e. The van der Waals surface area contributed by atoms with Crippen molar-refractivity contribution in [3.63, 3.8) is 0 Å². The summed E-state index contributed by atoms with van der Waals surface area (Å²) in [6, 6.07) is 2.77. The average molecular weight is 442 g/mol. The van der Waals surface area contributed by atoms with Crippen LogP contribution in [0.5, 0.6) is 0 Å². The van der Waals surface area contributed by atoms with Gasteiger partial charge >= 0.3 is 6.03 Å². The van der Waals surface area contributed by atoms with Crippen LogP contribution in [0.1, 0.15) is 25.7 Å². The van der Waals surface area contributed by atoms with E-state index in [9.17, 15) is 18.0 Å². The van der Waals surface area contributed by atoms with Gasteiger partial charge in [0.05, 0.1) is 10.8 Å². The van der Waals surface area contributed by atoms with Crippen LogP contribution in [0.2, 0.25) is 0 Å². The van der Waals surface area contributed by atoms with Crippen molar-refractivity contribution >= 4 is 33.7 Å². The van der Waals surface area contributed by atoms with Gasteiger partial charge in [0.25, 0.3) is 0 Å². The summed E-state index contributed by atoms with van der Waals surface area (Å²) in [6.07, 6.45) is 5.41. The van der Waals surface area contributed by atoms with Crippen LogP contribution in [0, 0.1) is 0 Å². The minimum Gasteiger partial charge on any atom is -0.335 e. The van der Waals surface area contributed by atoms with Gasteiger partial charge in [0.15, 0.2) is 0 Å². The number of imide groups is 1. The molecule has 0 radical (unpaired) electrons. The molecule has 29 heavy (non-hydrogen) atoms. The number of aromatic nitrogens is 1. The number of amides is 3. The lowest BCUT2D eigenvalue weighted by molar-refractivity contribution is -0.117. The van der Waals surface area contributed by atoms with Gasteiger partial charge in [0, 0.05) is 38.4 Å². The molecule has 0 aromatic carbocycles. The third-order valence-corrected chi connectivity index (χ3v) is 7.93. The number of hydrogen-bond acceptors (Lipinski definition) is 7. The van der Waals surface area contributed by atoms with Crippen molar-refractivity contribution in [3.8, 4) is 0 Å². The highest BCUT2D eigenvalue weighted by Crippen LogP contribution is 2.21. The van der Waals surface area contributed by atoms with Crippen LogP contribution in [0.3, 0.4) is 0 Å². The fourth-order valence-corrected chi connectivity index (χ4v) is 5.39. The van der Waals surface area contributed by atoms with E-state index in [4.69, 9.17) is 0 Å². The van der Waals surface area contributed by atoms with Crippen molar-refractivity contribution in [2.45, 2.75) is 41.6 Å². The molecule has 1 aromatic rings. The Balaban J connectivity index is 1.47. The van der Waals surface area contributed by atoms with Crippen molar-refractivity contribution in [2.75, 3.05) is 39.0 Å². The second-order valence-electron chi connectivity index (χ2n) is 7.33. The molecule has 1 aromatic heterocycles. The summed E-state index contributed by atoms with van der Waals surface area (Å²) in [4.78, 5) is 30.1. The smallest absolute Gasteiger partial charge is 0.321 e. The molecular formula is C18H27N5O4S2. The van der Waals surface area contributed by atoms with Gasteiger partial charge < -0.3 is 10.2 Å². The number of carbonyl (C=O) groups is 2. The second kappa shape index (κ2) is 9.88. The SMILES string of the molecule is CN1CCN(S(=O)(=O)c2ccc(SCC(=O)NC(=O)NC3CCCC3)nc2)CC1. The first kappa shape index (κ1) is 22.0. The van der Waals surface area contributed by atoms with Crippen LogP contribution in [0.25, 0.3) is 0 Å². The molecule has 160 valence electrons. The number of pyridine rings is 1. The normalized spacial score (nSPS) is 19.2. The lowest BCUT2D eigenvalue weighted by atomic mass is 10.2. The molecule has 9 nitrogen and oxygen atoms in total. The molecule has 0 spiro atoms. The molecule has 3 rings (SSSR count). The van der Waals surface area contributed by atoms with Gasteiger partial charge in [0.1, 0.15) is 4.90 Å². The number of nitrogens with zero attached hydrogens (tertiary/aromatic N) is 3. The summed E-state index contributed by atoms with van der Waals surface area (Å²) in [5.74, 6) is -0.392. The summed E-state index contributed by atoms with van der Waals surface area (Å²) in [7, 11) is -1.59. The monoisotopic (exact) mass is 441 g/mol. The Labute approximate surface area is 175 Å². The fourth-order valence-electron chi connectivity index (χ4n) is 3.38. The van der Waals surface area contributed by atoms with E-state index in [-0.39, 0.29) is 16.7 Å². The molecule has 2 fully saturated rings. The summed E-state index contributed by atoms with van der Waals surface area (Å²) in [5.41, 5.74) is 0. The molecule has 3 amide bonds. The Morgan fingerprint density at radius 3 is 2.48 bits per heavy atom. The van der Waals surface area contributed by atoms with Crippen molar-refractivity contribution in [3.05, 3.63) is 18.3 Å². The molecule has 2 heterocycles. The molecule has 1 aliphatic carbocycles. The molecule has 1 saturated carbocycles. The molecule has 0 unspecified atom stereocenters. The van der Waals surface area contributed by atoms with Crippen LogP contribution >= 0.6 is 11.8 Å². The third kappa shape index (κ3) is 6.14. The lowest BCUT2D eigenvalue weighted by Crippen LogP contribution is -2.47. The number of likely N-dealkylation sites (N-methyl/N-ethyl adjacent to an activating group) is 1. The summed E-state index contributed by atoms with van der Waals surface area (Å²) in [6.45, 7) is 2.31. The van der Waals surface area contributed by atoms with Gasteiger partial charge in [-0.25, -0.2) is 18.2 Å². The Hall–Kier alpha value is -1.69. The van der Waals surface area contributed by atoms with Crippen molar-refractivity contribution in [2.24, 2.45) is 0 Å². The number of rotatable bonds is 6. The van der Waals surface area contributed by atoms with Gasteiger partial charge in [0.2, 0.25) is 15.9 Å². The van der Waals surface area contributed by atoms with Gasteiger partial charge in [-0.1, -0.05) is 24.6 Å². The highest BCUT2D eigenvalue weighted by molar-refractivity contribution is 7.99. The van der Waals surface area contributed by atoms with Crippen molar-refractivity contribution in [1.29, 1.82) is 0 Å². The minimum atomic E-state index is -3.56. The number of nitrogens with one attached hydrogen (secondary N) is 2. The van der Waals surface area contributed by atoms with Crippen LogP contribution < -0.4 is 10.6 Å². The van der Waals surface area contributed by atoms with E-state index in [1.165, 1.54) is 16.6 Å². The van der Waals surface area contributed by atoms with Crippen LogP contribution in [-0.2, 0) is 14.8 Å². The maximum atomic E-state index is 12.7. The van der Waals surface area contributed by atoms with Gasteiger partial charge in [-0.15, -0.1) is 0 Å². The number of urea groups is 1. The summed E-state index contributed by atoms with van der Waals surface area (Å²) in [5, 5.41) is 5.63. The summed E-state index contributed by atoms with van der Waals surface area (Å²) < 4.78 is 26.8. The lowest BCUT2D eigenvalue weighted by Gasteiger charge is -2.31. The number of thioether (sulfide) groups is 1. The molecule has 0 bridgehead atoms. The molecule has 0 atom stereocenters. The van der Waals surface area contributed by atoms with Crippen molar-refractivity contribution < 1.29 is 18.0 Å². The number of sulfonamides is 1. The molecule has 2 aliphatic rings. The predicted molar refractivity (Wildman–Crippen MR) is 110 cm³/mol. The standard InChI is InChI=1S/C18H27N5O4S2/c1-22-8-10-23(11-9-22)29(26,27)15-6-7-17(19-12-15)28-13-16(24)21-18(25)20-14-4-2-3-5-14/h6-7,12,14H,2-5,8-11,13H2,1H3,(H2,20,21,24,25). The highest BCUT2D eigenvalue weighted by Gasteiger charge is 2.27. The van der Waals surface area contributed by atoms with Crippen molar-refractivity contribution in [1.82, 2.24) is 24.8 Å². The quantitative estimate of drug-likeness (QED) is 0.630. The van der Waals surface area contributed by atoms with Crippen LogP contribution in [-0.4, -0.2) is 79.6 Å². The minimum absolute atomic E-state index is 0.0235. The average Bonchev–Trinajstić information content (AvgIpc) is 3.20. The molecule has 2 N–H and O–H groups in total. The molecule has 1 saturated heterocycles. The number of hydrogen-bond donors (Lipinski definition) is 2. The van der Waals surface area contributed by atoms with E-state index in [0.717, 1.165) is 37.4 Å². The Bertz CT molecular complexity index is 817. The molecular weight excluding hydrogens is 414 g/mol. The Morgan fingerprint density at radius 2 is 1.86 bits per heavy atom. The maximum Gasteiger partial charge on any atom is 0.321 e. The predicted octanol–water partition coefficient (Wildman–Crippen LogP) is 0.878. The third-order valence-electron chi connectivity index (χ3n) is 5.10. The van der Waals surface area contributed by atoms with Gasteiger partial charge in [-0.05, 0) is 32.0 Å². The summed E-state index contributed by atoms with van der Waals surface area (Å²) >= 11 is 1.15. The zero-order valence-electron chi connectivity index (χ0n) is 16.5. The van der Waals surface area contributed by atoms with E-state index in [2.05, 4.69) is 20.5 Å². The molecule has 11 heteroatoms. The zero-order chi connectivity index (χ0) is 20.9. The first-order valence-corrected chi connectivity index (χ1v) is 12.1. The van der Waals surface area contributed by atoms with Crippen LogP contribution in [0.4, 0.5) is 4.79 Å². The van der Waals surface area contributed by atoms with E-state index < -0.39 is 22.0 Å². The fraction of sp³-hybridized carbons (Fsp3) is 0.611. The second-order valence-corrected chi connectivity index (χ2v) is 10.3. The number of carbonyl (C=O) groups excluding carboxylic acids is 2.